The monoisotopic (exact) mass is 450 g/mol. The van der Waals surface area contributed by atoms with Gasteiger partial charge in [0.2, 0.25) is 17.8 Å². The lowest BCUT2D eigenvalue weighted by molar-refractivity contribution is -0.384. The molecule has 170 valence electrons. The third-order valence-corrected chi connectivity index (χ3v) is 4.76. The number of non-ortho nitro benzene ring substituents is 1. The number of hydrogen-bond acceptors (Lipinski definition) is 11. The van der Waals surface area contributed by atoms with Gasteiger partial charge in [-0.3, -0.25) is 10.1 Å². The minimum Gasteiger partial charge on any atom is -0.496 e. The number of methoxy groups -OCH3 is 1. The van der Waals surface area contributed by atoms with Gasteiger partial charge in [0.25, 0.3) is 5.69 Å². The molecule has 1 fully saturated rings. The molecule has 0 amide bonds. The van der Waals surface area contributed by atoms with Crippen LogP contribution in [0.25, 0.3) is 0 Å². The van der Waals surface area contributed by atoms with E-state index in [9.17, 15) is 10.1 Å². The largest absolute Gasteiger partial charge is 0.496 e. The first-order valence-corrected chi connectivity index (χ1v) is 10.1. The molecule has 12 nitrogen and oxygen atoms in total. The molecule has 2 heterocycles. The SMILES string of the molecule is COc1ccccc1/C=N/Nc1nc(Nc2ccc([N+](=O)[O-])cc2)nc(N2CCOCC2)n1. The van der Waals surface area contributed by atoms with Gasteiger partial charge in [0, 0.05) is 36.5 Å². The Bertz CT molecular complexity index is 1130. The number of nitrogens with zero attached hydrogens (tertiary/aromatic N) is 6. The maximum atomic E-state index is 10.9. The number of para-hydroxylation sites is 1. The van der Waals surface area contributed by atoms with Gasteiger partial charge in [-0.2, -0.15) is 20.1 Å². The lowest BCUT2D eigenvalue weighted by atomic mass is 10.2. The number of rotatable bonds is 8. The molecule has 2 N–H and O–H groups in total. The number of nitro groups is 1. The van der Waals surface area contributed by atoms with Crippen LogP contribution in [0.3, 0.4) is 0 Å². The van der Waals surface area contributed by atoms with Crippen LogP contribution in [0.1, 0.15) is 5.56 Å². The van der Waals surface area contributed by atoms with Gasteiger partial charge in [0.1, 0.15) is 5.75 Å². The van der Waals surface area contributed by atoms with E-state index in [1.807, 2.05) is 29.2 Å². The molecule has 0 atom stereocenters. The molecule has 2 aromatic carbocycles. The van der Waals surface area contributed by atoms with Crippen molar-refractivity contribution in [1.82, 2.24) is 15.0 Å². The van der Waals surface area contributed by atoms with Gasteiger partial charge < -0.3 is 19.7 Å². The quantitative estimate of drug-likeness (QED) is 0.299. The molecule has 0 aliphatic carbocycles. The second-order valence-electron chi connectivity index (χ2n) is 6.92. The van der Waals surface area contributed by atoms with E-state index < -0.39 is 4.92 Å². The van der Waals surface area contributed by atoms with Crippen LogP contribution >= 0.6 is 0 Å². The Morgan fingerprint density at radius 1 is 1.09 bits per heavy atom. The molecule has 0 spiro atoms. The topological polar surface area (TPSA) is 140 Å². The van der Waals surface area contributed by atoms with Crippen LogP contribution in [-0.4, -0.2) is 59.5 Å². The molecule has 0 radical (unpaired) electrons. The van der Waals surface area contributed by atoms with Gasteiger partial charge in [-0.05, 0) is 24.3 Å². The van der Waals surface area contributed by atoms with Crippen LogP contribution in [-0.2, 0) is 4.74 Å². The van der Waals surface area contributed by atoms with Crippen molar-refractivity contribution in [3.8, 4) is 5.75 Å². The van der Waals surface area contributed by atoms with E-state index in [1.165, 1.54) is 12.1 Å². The summed E-state index contributed by atoms with van der Waals surface area (Å²) in [7, 11) is 1.59. The molecular weight excluding hydrogens is 428 g/mol. The molecule has 1 saturated heterocycles. The fourth-order valence-electron chi connectivity index (χ4n) is 3.10. The number of nitrogens with one attached hydrogen (secondary N) is 2. The third kappa shape index (κ3) is 5.68. The average molecular weight is 450 g/mol. The highest BCUT2D eigenvalue weighted by molar-refractivity contribution is 5.83. The standard InChI is InChI=1S/C21H22N8O4/c1-32-18-5-3-2-4-15(18)14-22-27-20-24-19(23-16-6-8-17(9-7-16)29(30)31)25-21(26-20)28-10-12-33-13-11-28/h2-9,14H,10-13H2,1H3,(H2,23,24,25,26,27)/b22-14+. The van der Waals surface area contributed by atoms with E-state index in [2.05, 4.69) is 30.8 Å². The third-order valence-electron chi connectivity index (χ3n) is 4.76. The van der Waals surface area contributed by atoms with E-state index in [0.29, 0.717) is 43.7 Å². The van der Waals surface area contributed by atoms with E-state index in [-0.39, 0.29) is 17.6 Å². The van der Waals surface area contributed by atoms with Crippen LogP contribution in [0.4, 0.5) is 29.2 Å². The van der Waals surface area contributed by atoms with Gasteiger partial charge in [-0.25, -0.2) is 5.43 Å². The summed E-state index contributed by atoms with van der Waals surface area (Å²) in [6, 6.07) is 13.5. The second-order valence-corrected chi connectivity index (χ2v) is 6.92. The Hall–Kier alpha value is -4.32. The van der Waals surface area contributed by atoms with Crippen molar-refractivity contribution in [3.63, 3.8) is 0 Å². The summed E-state index contributed by atoms with van der Waals surface area (Å²) in [5.41, 5.74) is 4.23. The van der Waals surface area contributed by atoms with Crippen LogP contribution < -0.4 is 20.4 Å². The Morgan fingerprint density at radius 3 is 2.55 bits per heavy atom. The lowest BCUT2D eigenvalue weighted by Gasteiger charge is -2.27. The molecule has 4 rings (SSSR count). The van der Waals surface area contributed by atoms with Crippen LogP contribution in [0.15, 0.2) is 53.6 Å². The number of morpholine rings is 1. The summed E-state index contributed by atoms with van der Waals surface area (Å²) in [5.74, 6) is 1.67. The fraction of sp³-hybridized carbons (Fsp3) is 0.238. The van der Waals surface area contributed by atoms with Gasteiger partial charge in [0.05, 0.1) is 31.5 Å². The predicted molar refractivity (Wildman–Crippen MR) is 123 cm³/mol. The molecule has 33 heavy (non-hydrogen) atoms. The Balaban J connectivity index is 1.57. The molecule has 1 aliphatic heterocycles. The van der Waals surface area contributed by atoms with Gasteiger partial charge >= 0.3 is 0 Å². The zero-order valence-electron chi connectivity index (χ0n) is 17.8. The summed E-state index contributed by atoms with van der Waals surface area (Å²) in [5, 5.41) is 18.2. The Kier molecular flexibility index (Phi) is 6.85. The maximum Gasteiger partial charge on any atom is 0.269 e. The summed E-state index contributed by atoms with van der Waals surface area (Å²) < 4.78 is 10.7. The Labute approximate surface area is 189 Å². The maximum absolute atomic E-state index is 10.9. The van der Waals surface area contributed by atoms with E-state index in [0.717, 1.165) is 5.56 Å². The average Bonchev–Trinajstić information content (AvgIpc) is 2.85. The zero-order valence-corrected chi connectivity index (χ0v) is 17.8. The first kappa shape index (κ1) is 21.9. The highest BCUT2D eigenvalue weighted by Crippen LogP contribution is 2.21. The number of nitro benzene ring substituents is 1. The minimum atomic E-state index is -0.453. The van der Waals surface area contributed by atoms with Gasteiger partial charge in [-0.1, -0.05) is 12.1 Å². The Morgan fingerprint density at radius 2 is 1.82 bits per heavy atom. The van der Waals surface area contributed by atoms with E-state index in [1.54, 1.807) is 25.5 Å². The van der Waals surface area contributed by atoms with Crippen LogP contribution in [0, 0.1) is 10.1 Å². The zero-order chi connectivity index (χ0) is 23.0. The van der Waals surface area contributed by atoms with Crippen molar-refractivity contribution in [2.75, 3.05) is 49.1 Å². The fourth-order valence-corrected chi connectivity index (χ4v) is 3.10. The number of aromatic nitrogens is 3. The van der Waals surface area contributed by atoms with Crippen LogP contribution in [0.2, 0.25) is 0 Å². The molecule has 0 unspecified atom stereocenters. The number of ether oxygens (including phenoxy) is 2. The van der Waals surface area contributed by atoms with Crippen molar-refractivity contribution in [3.05, 3.63) is 64.2 Å². The molecule has 1 aliphatic rings. The summed E-state index contributed by atoms with van der Waals surface area (Å²) in [4.78, 5) is 25.8. The van der Waals surface area contributed by atoms with Crippen LogP contribution in [0.5, 0.6) is 5.75 Å². The highest BCUT2D eigenvalue weighted by Gasteiger charge is 2.17. The summed E-state index contributed by atoms with van der Waals surface area (Å²) in [6.07, 6.45) is 1.61. The van der Waals surface area contributed by atoms with Crippen molar-refractivity contribution in [2.45, 2.75) is 0 Å². The minimum absolute atomic E-state index is 0.00163. The lowest BCUT2D eigenvalue weighted by Crippen LogP contribution is -2.37. The van der Waals surface area contributed by atoms with Crippen molar-refractivity contribution in [2.24, 2.45) is 5.10 Å². The molecule has 0 saturated carbocycles. The van der Waals surface area contributed by atoms with Gasteiger partial charge in [-0.15, -0.1) is 0 Å². The second kappa shape index (κ2) is 10.3. The van der Waals surface area contributed by atoms with Gasteiger partial charge in [0.15, 0.2) is 0 Å². The van der Waals surface area contributed by atoms with Crippen molar-refractivity contribution >= 4 is 35.4 Å². The number of hydrazone groups is 1. The normalized spacial score (nSPS) is 13.7. The van der Waals surface area contributed by atoms with E-state index >= 15 is 0 Å². The molecular formula is C21H22N8O4. The van der Waals surface area contributed by atoms with E-state index in [4.69, 9.17) is 9.47 Å². The summed E-state index contributed by atoms with van der Waals surface area (Å²) in [6.45, 7) is 2.44. The smallest absolute Gasteiger partial charge is 0.269 e. The summed E-state index contributed by atoms with van der Waals surface area (Å²) >= 11 is 0. The number of benzene rings is 2. The number of hydrogen-bond donors (Lipinski definition) is 2. The molecule has 0 bridgehead atoms. The predicted octanol–water partition coefficient (Wildman–Crippen LogP) is 2.81. The first-order valence-electron chi connectivity index (χ1n) is 10.1. The first-order chi connectivity index (χ1) is 16.1. The molecule has 3 aromatic rings. The molecule has 1 aromatic heterocycles. The van der Waals surface area contributed by atoms with Crippen molar-refractivity contribution < 1.29 is 14.4 Å². The molecule has 12 heteroatoms. The highest BCUT2D eigenvalue weighted by atomic mass is 16.6. The van der Waals surface area contributed by atoms with Crippen molar-refractivity contribution in [1.29, 1.82) is 0 Å². The number of anilines is 4.